The van der Waals surface area contributed by atoms with Gasteiger partial charge in [0.2, 0.25) is 0 Å². The number of nitrogens with zero attached hydrogens (tertiary/aromatic N) is 1. The average molecular weight is 301 g/mol. The van der Waals surface area contributed by atoms with Crippen molar-refractivity contribution in [3.63, 3.8) is 0 Å². The zero-order valence-electron chi connectivity index (χ0n) is 12.2. The van der Waals surface area contributed by atoms with Crippen molar-refractivity contribution in [3.05, 3.63) is 22.7 Å². The second-order valence-electron chi connectivity index (χ2n) is 5.15. The van der Waals surface area contributed by atoms with Gasteiger partial charge in [0.15, 0.2) is 0 Å². The second kappa shape index (κ2) is 6.33. The number of benzene rings is 1. The fourth-order valence-electron chi connectivity index (χ4n) is 1.73. The third-order valence-corrected chi connectivity index (χ3v) is 3.50. The summed E-state index contributed by atoms with van der Waals surface area (Å²) in [4.78, 5) is 13.8. The quantitative estimate of drug-likeness (QED) is 0.644. The number of ether oxygens (including phenoxy) is 1. The summed E-state index contributed by atoms with van der Waals surface area (Å²) in [6, 6.07) is 3.10. The SMILES string of the molecule is CCOC(=O)c1cc(N)cc(Cl)c1N(C)C(C)(C)CO. The highest BCUT2D eigenvalue weighted by molar-refractivity contribution is 6.34. The first kappa shape index (κ1) is 16.6. The van der Waals surface area contributed by atoms with Crippen molar-refractivity contribution in [2.24, 2.45) is 0 Å². The van der Waals surface area contributed by atoms with E-state index in [2.05, 4.69) is 0 Å². The number of nitrogen functional groups attached to an aromatic ring is 1. The standard InChI is InChI=1S/C14H21ClN2O3/c1-5-20-13(19)10-6-9(16)7-11(15)12(10)17(4)14(2,3)8-18/h6-7,18H,5,8,16H2,1-4H3. The Morgan fingerprint density at radius 2 is 2.10 bits per heavy atom. The molecule has 1 rings (SSSR count). The molecular formula is C14H21ClN2O3. The van der Waals surface area contributed by atoms with E-state index >= 15 is 0 Å². The molecule has 0 aromatic heterocycles. The normalized spacial score (nSPS) is 11.3. The fourth-order valence-corrected chi connectivity index (χ4v) is 2.09. The van der Waals surface area contributed by atoms with E-state index in [1.165, 1.54) is 6.07 Å². The molecule has 0 saturated carbocycles. The number of anilines is 2. The number of hydrogen-bond acceptors (Lipinski definition) is 5. The van der Waals surface area contributed by atoms with Crippen molar-refractivity contribution >= 4 is 28.9 Å². The van der Waals surface area contributed by atoms with E-state index in [0.717, 1.165) is 0 Å². The molecule has 0 atom stereocenters. The molecule has 0 aliphatic heterocycles. The summed E-state index contributed by atoms with van der Waals surface area (Å²) in [6.45, 7) is 5.58. The van der Waals surface area contributed by atoms with Crippen molar-refractivity contribution in [2.75, 3.05) is 30.9 Å². The zero-order chi connectivity index (χ0) is 15.5. The first-order chi connectivity index (χ1) is 9.24. The molecule has 112 valence electrons. The van der Waals surface area contributed by atoms with Gasteiger partial charge in [-0.3, -0.25) is 0 Å². The smallest absolute Gasteiger partial charge is 0.340 e. The molecule has 1 aromatic rings. The number of rotatable bonds is 5. The number of halogens is 1. The van der Waals surface area contributed by atoms with Crippen molar-refractivity contribution in [2.45, 2.75) is 26.3 Å². The number of likely N-dealkylation sites (N-methyl/N-ethyl adjacent to an activating group) is 1. The van der Waals surface area contributed by atoms with E-state index in [-0.39, 0.29) is 13.2 Å². The van der Waals surface area contributed by atoms with Crippen LogP contribution in [0.25, 0.3) is 0 Å². The van der Waals surface area contributed by atoms with Crippen LogP contribution in [0, 0.1) is 0 Å². The van der Waals surface area contributed by atoms with Gasteiger partial charge in [0.05, 0.1) is 35.0 Å². The van der Waals surface area contributed by atoms with Crippen LogP contribution in [0.15, 0.2) is 12.1 Å². The maximum atomic E-state index is 12.1. The van der Waals surface area contributed by atoms with Crippen LogP contribution in [0.3, 0.4) is 0 Å². The topological polar surface area (TPSA) is 75.8 Å². The van der Waals surface area contributed by atoms with Crippen LogP contribution < -0.4 is 10.6 Å². The molecule has 1 aromatic carbocycles. The van der Waals surface area contributed by atoms with Gasteiger partial charge in [0, 0.05) is 12.7 Å². The predicted octanol–water partition coefficient (Wildman–Crippen LogP) is 2.31. The molecule has 0 amide bonds. The van der Waals surface area contributed by atoms with Crippen LogP contribution in [0.1, 0.15) is 31.1 Å². The summed E-state index contributed by atoms with van der Waals surface area (Å²) >= 11 is 6.23. The van der Waals surface area contributed by atoms with E-state index in [1.54, 1.807) is 24.9 Å². The van der Waals surface area contributed by atoms with E-state index in [0.29, 0.717) is 22.0 Å². The summed E-state index contributed by atoms with van der Waals surface area (Å²) < 4.78 is 5.03. The van der Waals surface area contributed by atoms with Gasteiger partial charge in [-0.1, -0.05) is 11.6 Å². The number of hydrogen-bond donors (Lipinski definition) is 2. The molecule has 0 spiro atoms. The molecule has 0 aliphatic carbocycles. The first-order valence-corrected chi connectivity index (χ1v) is 6.73. The highest BCUT2D eigenvalue weighted by Crippen LogP contribution is 2.35. The molecule has 0 aliphatic rings. The molecule has 0 saturated heterocycles. The molecule has 0 heterocycles. The van der Waals surface area contributed by atoms with Crippen LogP contribution in [-0.2, 0) is 4.74 Å². The lowest BCUT2D eigenvalue weighted by Gasteiger charge is -2.37. The Hall–Kier alpha value is -1.46. The minimum absolute atomic E-state index is 0.0908. The van der Waals surface area contributed by atoms with E-state index in [4.69, 9.17) is 22.1 Å². The zero-order valence-corrected chi connectivity index (χ0v) is 13.0. The first-order valence-electron chi connectivity index (χ1n) is 6.35. The minimum atomic E-state index is -0.582. The van der Waals surface area contributed by atoms with Crippen molar-refractivity contribution in [1.82, 2.24) is 0 Å². The largest absolute Gasteiger partial charge is 0.462 e. The number of aliphatic hydroxyl groups is 1. The Morgan fingerprint density at radius 1 is 1.50 bits per heavy atom. The average Bonchev–Trinajstić information content (AvgIpc) is 2.37. The highest BCUT2D eigenvalue weighted by atomic mass is 35.5. The van der Waals surface area contributed by atoms with Crippen LogP contribution in [0.4, 0.5) is 11.4 Å². The summed E-state index contributed by atoms with van der Waals surface area (Å²) in [7, 11) is 1.76. The number of carbonyl (C=O) groups excluding carboxylic acids is 1. The lowest BCUT2D eigenvalue weighted by molar-refractivity contribution is 0.0526. The predicted molar refractivity (Wildman–Crippen MR) is 81.4 cm³/mol. The van der Waals surface area contributed by atoms with Crippen LogP contribution in [0.2, 0.25) is 5.02 Å². The van der Waals surface area contributed by atoms with Gasteiger partial charge in [-0.15, -0.1) is 0 Å². The summed E-state index contributed by atoms with van der Waals surface area (Å²) in [5.41, 5.74) is 6.34. The Morgan fingerprint density at radius 3 is 2.60 bits per heavy atom. The maximum absolute atomic E-state index is 12.1. The van der Waals surface area contributed by atoms with Crippen LogP contribution in [-0.4, -0.2) is 36.9 Å². The molecule has 0 unspecified atom stereocenters. The number of aliphatic hydroxyl groups excluding tert-OH is 1. The van der Waals surface area contributed by atoms with Gasteiger partial charge in [0.1, 0.15) is 0 Å². The molecule has 0 radical (unpaired) electrons. The molecule has 3 N–H and O–H groups in total. The monoisotopic (exact) mass is 300 g/mol. The van der Waals surface area contributed by atoms with Gasteiger partial charge < -0.3 is 20.5 Å². The fraction of sp³-hybridized carbons (Fsp3) is 0.500. The lowest BCUT2D eigenvalue weighted by atomic mass is 10.0. The van der Waals surface area contributed by atoms with E-state index in [1.807, 2.05) is 13.8 Å². The van der Waals surface area contributed by atoms with Gasteiger partial charge in [0.25, 0.3) is 0 Å². The summed E-state index contributed by atoms with van der Waals surface area (Å²) in [6.07, 6.45) is 0. The van der Waals surface area contributed by atoms with E-state index in [9.17, 15) is 9.90 Å². The van der Waals surface area contributed by atoms with Gasteiger partial charge in [-0.2, -0.15) is 0 Å². The van der Waals surface area contributed by atoms with E-state index < -0.39 is 11.5 Å². The lowest BCUT2D eigenvalue weighted by Crippen LogP contribution is -2.45. The van der Waals surface area contributed by atoms with Gasteiger partial charge in [-0.05, 0) is 32.9 Å². The second-order valence-corrected chi connectivity index (χ2v) is 5.56. The highest BCUT2D eigenvalue weighted by Gasteiger charge is 2.29. The molecule has 0 bridgehead atoms. The Labute approximate surface area is 124 Å². The molecular weight excluding hydrogens is 280 g/mol. The number of nitrogens with two attached hydrogens (primary N) is 1. The molecule has 5 nitrogen and oxygen atoms in total. The van der Waals surface area contributed by atoms with Gasteiger partial charge in [-0.25, -0.2) is 4.79 Å². The molecule has 0 fully saturated rings. The van der Waals surface area contributed by atoms with Gasteiger partial charge >= 0.3 is 5.97 Å². The number of esters is 1. The molecule has 20 heavy (non-hydrogen) atoms. The maximum Gasteiger partial charge on any atom is 0.340 e. The Kier molecular flexibility index (Phi) is 5.25. The summed E-state index contributed by atoms with van der Waals surface area (Å²) in [5, 5.41) is 9.82. The number of carbonyl (C=O) groups is 1. The van der Waals surface area contributed by atoms with Crippen molar-refractivity contribution < 1.29 is 14.6 Å². The van der Waals surface area contributed by atoms with Crippen molar-refractivity contribution in [3.8, 4) is 0 Å². The molecule has 6 heteroatoms. The minimum Gasteiger partial charge on any atom is -0.462 e. The summed E-state index contributed by atoms with van der Waals surface area (Å²) in [5.74, 6) is -0.489. The third kappa shape index (κ3) is 3.35. The Bertz CT molecular complexity index is 503. The van der Waals surface area contributed by atoms with Crippen molar-refractivity contribution in [1.29, 1.82) is 0 Å². The Balaban J connectivity index is 3.40. The van der Waals surface area contributed by atoms with Crippen LogP contribution in [0.5, 0.6) is 0 Å². The van der Waals surface area contributed by atoms with Crippen LogP contribution >= 0.6 is 11.6 Å². The third-order valence-electron chi connectivity index (χ3n) is 3.21.